The van der Waals surface area contributed by atoms with Crippen LogP contribution in [0.15, 0.2) is 0 Å². The Bertz CT molecular complexity index is 294. The van der Waals surface area contributed by atoms with Crippen molar-refractivity contribution in [2.75, 3.05) is 13.1 Å². The van der Waals surface area contributed by atoms with Crippen LogP contribution in [0.5, 0.6) is 0 Å². The van der Waals surface area contributed by atoms with Crippen molar-refractivity contribution in [1.29, 1.82) is 0 Å². The highest BCUT2D eigenvalue weighted by molar-refractivity contribution is 6.51. The molecule has 2 fully saturated rings. The Hall–Kier alpha value is -0.545. The molecule has 4 nitrogen and oxygen atoms in total. The summed E-state index contributed by atoms with van der Waals surface area (Å²) >= 11 is 0. The molecule has 0 spiro atoms. The van der Waals surface area contributed by atoms with Crippen LogP contribution < -0.4 is 5.32 Å². The van der Waals surface area contributed by atoms with Crippen LogP contribution in [0.2, 0.25) is 6.82 Å². The third-order valence-corrected chi connectivity index (χ3v) is 3.93. The van der Waals surface area contributed by atoms with Crippen molar-refractivity contribution < 1.29 is 9.82 Å². The standard InChI is InChI=1S/C11H21BN2O2/c1-11(2)7-13-9(11)10(15)14-6-4-5-8(14)12(3)16/h8-9,13,16H,4-7H2,1-3H3/t8-,9+/m0/s1. The first-order valence-corrected chi connectivity index (χ1v) is 6.15. The molecule has 2 heterocycles. The van der Waals surface area contributed by atoms with E-state index in [9.17, 15) is 9.82 Å². The van der Waals surface area contributed by atoms with Crippen molar-refractivity contribution in [3.63, 3.8) is 0 Å². The number of nitrogens with zero attached hydrogens (tertiary/aromatic N) is 1. The minimum absolute atomic E-state index is 0.0192. The van der Waals surface area contributed by atoms with E-state index in [-0.39, 0.29) is 23.3 Å². The molecule has 1 amide bonds. The number of likely N-dealkylation sites (tertiary alicyclic amines) is 1. The maximum atomic E-state index is 12.3. The fourth-order valence-corrected chi connectivity index (χ4v) is 2.77. The third kappa shape index (κ3) is 1.86. The highest BCUT2D eigenvalue weighted by atomic mass is 16.2. The summed E-state index contributed by atoms with van der Waals surface area (Å²) < 4.78 is 0. The van der Waals surface area contributed by atoms with Crippen LogP contribution in [0.3, 0.4) is 0 Å². The monoisotopic (exact) mass is 224 g/mol. The van der Waals surface area contributed by atoms with Gasteiger partial charge in [-0.3, -0.25) is 4.79 Å². The number of carbonyl (C=O) groups is 1. The van der Waals surface area contributed by atoms with Crippen molar-refractivity contribution in [2.24, 2.45) is 5.41 Å². The van der Waals surface area contributed by atoms with Gasteiger partial charge in [0.15, 0.2) is 0 Å². The molecule has 2 aliphatic rings. The molecule has 2 saturated heterocycles. The molecule has 90 valence electrons. The van der Waals surface area contributed by atoms with Gasteiger partial charge in [-0.15, -0.1) is 0 Å². The molecule has 2 atom stereocenters. The van der Waals surface area contributed by atoms with Crippen LogP contribution in [0.1, 0.15) is 26.7 Å². The van der Waals surface area contributed by atoms with Gasteiger partial charge in [-0.25, -0.2) is 0 Å². The van der Waals surface area contributed by atoms with Crippen molar-refractivity contribution in [3.05, 3.63) is 0 Å². The lowest BCUT2D eigenvalue weighted by Crippen LogP contribution is -2.67. The van der Waals surface area contributed by atoms with Crippen LogP contribution in [0.25, 0.3) is 0 Å². The maximum Gasteiger partial charge on any atom is 0.309 e. The van der Waals surface area contributed by atoms with Crippen LogP contribution in [-0.4, -0.2) is 47.8 Å². The first-order chi connectivity index (χ1) is 7.43. The van der Waals surface area contributed by atoms with E-state index in [2.05, 4.69) is 19.2 Å². The van der Waals surface area contributed by atoms with Crippen molar-refractivity contribution in [2.45, 2.75) is 45.5 Å². The highest BCUT2D eigenvalue weighted by Crippen LogP contribution is 2.31. The van der Waals surface area contributed by atoms with E-state index >= 15 is 0 Å². The zero-order chi connectivity index (χ0) is 11.9. The smallest absolute Gasteiger partial charge is 0.309 e. The molecular formula is C11H21BN2O2. The molecular weight excluding hydrogens is 203 g/mol. The van der Waals surface area contributed by atoms with Gasteiger partial charge in [0.25, 0.3) is 0 Å². The zero-order valence-electron chi connectivity index (χ0n) is 10.4. The summed E-state index contributed by atoms with van der Waals surface area (Å²) in [6.45, 7) is 7.27. The second-order valence-electron chi connectivity index (χ2n) is 5.78. The Morgan fingerprint density at radius 1 is 1.56 bits per heavy atom. The highest BCUT2D eigenvalue weighted by Gasteiger charge is 2.47. The van der Waals surface area contributed by atoms with Crippen molar-refractivity contribution in [1.82, 2.24) is 10.2 Å². The van der Waals surface area contributed by atoms with Gasteiger partial charge in [0, 0.05) is 24.4 Å². The van der Waals surface area contributed by atoms with Gasteiger partial charge in [-0.1, -0.05) is 20.7 Å². The van der Waals surface area contributed by atoms with Crippen molar-refractivity contribution >= 4 is 12.8 Å². The van der Waals surface area contributed by atoms with E-state index in [1.807, 2.05) is 4.90 Å². The average Bonchev–Trinajstić information content (AvgIpc) is 2.64. The Labute approximate surface area is 97.5 Å². The number of rotatable bonds is 2. The molecule has 0 radical (unpaired) electrons. The molecule has 0 saturated carbocycles. The van der Waals surface area contributed by atoms with E-state index in [1.54, 1.807) is 6.82 Å². The third-order valence-electron chi connectivity index (χ3n) is 3.93. The molecule has 0 aromatic rings. The minimum atomic E-state index is -0.422. The SMILES string of the molecule is CB(O)[C@@H]1CCCN1C(=O)[C@H]1NCC1(C)C. The maximum absolute atomic E-state index is 12.3. The lowest BCUT2D eigenvalue weighted by molar-refractivity contribution is -0.140. The molecule has 2 aliphatic heterocycles. The van der Waals surface area contributed by atoms with Crippen LogP contribution in [0, 0.1) is 5.41 Å². The second kappa shape index (κ2) is 4.04. The van der Waals surface area contributed by atoms with E-state index in [0.29, 0.717) is 0 Å². The number of hydrogen-bond acceptors (Lipinski definition) is 3. The predicted octanol–water partition coefficient (Wildman–Crippen LogP) is 0.128. The molecule has 5 heteroatoms. The fourth-order valence-electron chi connectivity index (χ4n) is 2.77. The van der Waals surface area contributed by atoms with Gasteiger partial charge in [0.2, 0.25) is 5.91 Å². The summed E-state index contributed by atoms with van der Waals surface area (Å²) in [5.41, 5.74) is 0.0584. The molecule has 0 unspecified atom stereocenters. The lowest BCUT2D eigenvalue weighted by Gasteiger charge is -2.46. The first-order valence-electron chi connectivity index (χ1n) is 6.15. The number of hydrogen-bond donors (Lipinski definition) is 2. The molecule has 2 N–H and O–H groups in total. The fraction of sp³-hybridized carbons (Fsp3) is 0.909. The topological polar surface area (TPSA) is 52.6 Å². The van der Waals surface area contributed by atoms with Gasteiger partial charge in [0.05, 0.1) is 6.04 Å². The normalized spacial score (nSPS) is 32.4. The lowest BCUT2D eigenvalue weighted by atomic mass is 9.62. The van der Waals surface area contributed by atoms with E-state index < -0.39 is 6.92 Å². The van der Waals surface area contributed by atoms with Crippen LogP contribution in [-0.2, 0) is 4.79 Å². The average molecular weight is 224 g/mol. The van der Waals surface area contributed by atoms with Gasteiger partial charge in [0.1, 0.15) is 0 Å². The second-order valence-corrected chi connectivity index (χ2v) is 5.78. The zero-order valence-corrected chi connectivity index (χ0v) is 10.4. The van der Waals surface area contributed by atoms with E-state index in [0.717, 1.165) is 25.9 Å². The van der Waals surface area contributed by atoms with Crippen LogP contribution >= 0.6 is 0 Å². The Morgan fingerprint density at radius 2 is 2.25 bits per heavy atom. The summed E-state index contributed by atoms with van der Waals surface area (Å²) in [5.74, 6) is 0.186. The number of nitrogens with one attached hydrogen (secondary N) is 1. The van der Waals surface area contributed by atoms with E-state index in [4.69, 9.17) is 0 Å². The molecule has 0 aliphatic carbocycles. The molecule has 0 bridgehead atoms. The summed E-state index contributed by atoms with van der Waals surface area (Å²) in [4.78, 5) is 14.2. The van der Waals surface area contributed by atoms with Gasteiger partial charge in [-0.05, 0) is 12.8 Å². The van der Waals surface area contributed by atoms with Gasteiger partial charge >= 0.3 is 6.92 Å². The van der Waals surface area contributed by atoms with Crippen molar-refractivity contribution in [3.8, 4) is 0 Å². The summed E-state index contributed by atoms with van der Waals surface area (Å²) in [6, 6.07) is -0.0631. The Morgan fingerprint density at radius 3 is 2.69 bits per heavy atom. The summed E-state index contributed by atoms with van der Waals surface area (Å²) in [6.07, 6.45) is 1.94. The molecule has 0 aromatic heterocycles. The quantitative estimate of drug-likeness (QED) is 0.655. The van der Waals surface area contributed by atoms with Crippen LogP contribution in [0.4, 0.5) is 0 Å². The Balaban J connectivity index is 2.04. The molecule has 2 rings (SSSR count). The van der Waals surface area contributed by atoms with E-state index in [1.165, 1.54) is 0 Å². The number of amides is 1. The largest absolute Gasteiger partial charge is 0.449 e. The first kappa shape index (κ1) is 11.9. The summed E-state index contributed by atoms with van der Waals surface area (Å²) in [7, 11) is 0. The predicted molar refractivity (Wildman–Crippen MR) is 64.1 cm³/mol. The molecule has 0 aromatic carbocycles. The van der Waals surface area contributed by atoms with Gasteiger partial charge < -0.3 is 15.2 Å². The Kier molecular flexibility index (Phi) is 3.01. The van der Waals surface area contributed by atoms with Gasteiger partial charge in [-0.2, -0.15) is 0 Å². The minimum Gasteiger partial charge on any atom is -0.449 e. The number of carbonyl (C=O) groups excluding carboxylic acids is 1. The molecule has 16 heavy (non-hydrogen) atoms. The summed E-state index contributed by atoms with van der Waals surface area (Å²) in [5, 5.41) is 12.9.